The number of hydrogen-bond acceptors (Lipinski definition) is 1. The Kier molecular flexibility index (Phi) is 4.45. The summed E-state index contributed by atoms with van der Waals surface area (Å²) in [5.74, 6) is -1.60. The van der Waals surface area contributed by atoms with Crippen molar-refractivity contribution in [2.75, 3.05) is 6.54 Å². The number of hydrogen-bond donors (Lipinski definition) is 1. The fraction of sp³-hybridized carbons (Fsp3) is 0.250. The highest BCUT2D eigenvalue weighted by Gasteiger charge is 2.19. The van der Waals surface area contributed by atoms with Gasteiger partial charge in [-0.1, -0.05) is 19.1 Å². The Hall–Kier alpha value is -1.81. The third-order valence-electron chi connectivity index (χ3n) is 3.18. The van der Waals surface area contributed by atoms with Gasteiger partial charge in [0, 0.05) is 11.6 Å². The number of aryl methyl sites for hydroxylation is 1. The van der Waals surface area contributed by atoms with Crippen molar-refractivity contribution >= 4 is 0 Å². The Labute approximate surface area is 116 Å². The zero-order valence-corrected chi connectivity index (χ0v) is 11.4. The second-order valence-electron chi connectivity index (χ2n) is 4.67. The van der Waals surface area contributed by atoms with Crippen LogP contribution in [0.3, 0.4) is 0 Å². The van der Waals surface area contributed by atoms with Gasteiger partial charge in [-0.05, 0) is 42.8 Å². The first-order valence-corrected chi connectivity index (χ1v) is 6.47. The smallest absolute Gasteiger partial charge is 0.131 e. The van der Waals surface area contributed by atoms with Gasteiger partial charge in [0.15, 0.2) is 0 Å². The predicted octanol–water partition coefficient (Wildman–Crippen LogP) is 4.11. The zero-order chi connectivity index (χ0) is 14.7. The van der Waals surface area contributed by atoms with Gasteiger partial charge in [0.05, 0.1) is 6.04 Å². The van der Waals surface area contributed by atoms with E-state index in [0.717, 1.165) is 6.07 Å². The standard InChI is InChI=1S/C16H16F3N/c1-3-20-16(11-5-4-6-12(17)8-11)13-7-10(2)14(18)9-15(13)19/h4-9,16,20H,3H2,1-2H3. The Morgan fingerprint density at radius 3 is 2.45 bits per heavy atom. The van der Waals surface area contributed by atoms with Crippen LogP contribution in [-0.2, 0) is 0 Å². The van der Waals surface area contributed by atoms with Crippen LogP contribution in [0.2, 0.25) is 0 Å². The maximum Gasteiger partial charge on any atom is 0.131 e. The van der Waals surface area contributed by atoms with Gasteiger partial charge in [0.2, 0.25) is 0 Å². The second-order valence-corrected chi connectivity index (χ2v) is 4.67. The van der Waals surface area contributed by atoms with E-state index in [0.29, 0.717) is 23.2 Å². The lowest BCUT2D eigenvalue weighted by Gasteiger charge is -2.20. The van der Waals surface area contributed by atoms with Crippen molar-refractivity contribution in [3.63, 3.8) is 0 Å². The molecule has 4 heteroatoms. The summed E-state index contributed by atoms with van der Waals surface area (Å²) in [6, 6.07) is 7.80. The van der Waals surface area contributed by atoms with Gasteiger partial charge < -0.3 is 5.32 Å². The molecule has 0 aliphatic rings. The van der Waals surface area contributed by atoms with Crippen LogP contribution >= 0.6 is 0 Å². The van der Waals surface area contributed by atoms with Gasteiger partial charge in [-0.25, -0.2) is 13.2 Å². The van der Waals surface area contributed by atoms with Crippen molar-refractivity contribution < 1.29 is 13.2 Å². The molecule has 0 aliphatic heterocycles. The van der Waals surface area contributed by atoms with E-state index in [2.05, 4.69) is 5.32 Å². The number of halogens is 3. The second kappa shape index (κ2) is 6.09. The van der Waals surface area contributed by atoms with Crippen LogP contribution in [0.15, 0.2) is 36.4 Å². The van der Waals surface area contributed by atoms with E-state index in [1.165, 1.54) is 18.2 Å². The van der Waals surface area contributed by atoms with Gasteiger partial charge in [-0.15, -0.1) is 0 Å². The van der Waals surface area contributed by atoms with E-state index in [9.17, 15) is 13.2 Å². The predicted molar refractivity (Wildman–Crippen MR) is 73.0 cm³/mol. The minimum absolute atomic E-state index is 0.316. The summed E-state index contributed by atoms with van der Waals surface area (Å²) in [4.78, 5) is 0. The summed E-state index contributed by atoms with van der Waals surface area (Å²) in [5, 5.41) is 3.10. The molecular formula is C16H16F3N. The van der Waals surface area contributed by atoms with Gasteiger partial charge >= 0.3 is 0 Å². The lowest BCUT2D eigenvalue weighted by molar-refractivity contribution is 0.535. The van der Waals surface area contributed by atoms with E-state index in [1.807, 2.05) is 6.92 Å². The molecule has 0 aromatic heterocycles. The quantitative estimate of drug-likeness (QED) is 0.888. The van der Waals surface area contributed by atoms with Crippen molar-refractivity contribution in [2.45, 2.75) is 19.9 Å². The maximum absolute atomic E-state index is 14.0. The van der Waals surface area contributed by atoms with Gasteiger partial charge in [0.1, 0.15) is 17.5 Å². The van der Waals surface area contributed by atoms with E-state index in [-0.39, 0.29) is 5.82 Å². The molecule has 0 radical (unpaired) electrons. The minimum Gasteiger partial charge on any atom is -0.306 e. The maximum atomic E-state index is 14.0. The number of rotatable bonds is 4. The third-order valence-corrected chi connectivity index (χ3v) is 3.18. The molecule has 0 saturated heterocycles. The fourth-order valence-electron chi connectivity index (χ4n) is 2.20. The van der Waals surface area contributed by atoms with Crippen LogP contribution in [0.25, 0.3) is 0 Å². The first-order valence-electron chi connectivity index (χ1n) is 6.47. The first kappa shape index (κ1) is 14.6. The van der Waals surface area contributed by atoms with E-state index < -0.39 is 17.7 Å². The molecule has 0 spiro atoms. The largest absolute Gasteiger partial charge is 0.306 e. The van der Waals surface area contributed by atoms with E-state index >= 15 is 0 Å². The molecule has 0 saturated carbocycles. The van der Waals surface area contributed by atoms with Crippen molar-refractivity contribution in [1.82, 2.24) is 5.32 Å². The van der Waals surface area contributed by atoms with E-state index in [4.69, 9.17) is 0 Å². The number of nitrogens with one attached hydrogen (secondary N) is 1. The molecule has 2 aromatic rings. The van der Waals surface area contributed by atoms with Crippen molar-refractivity contribution in [2.24, 2.45) is 0 Å². The van der Waals surface area contributed by atoms with Crippen LogP contribution in [0, 0.1) is 24.4 Å². The highest BCUT2D eigenvalue weighted by molar-refractivity contribution is 5.35. The molecule has 1 nitrogen and oxygen atoms in total. The lowest BCUT2D eigenvalue weighted by Crippen LogP contribution is -2.23. The topological polar surface area (TPSA) is 12.0 Å². The zero-order valence-electron chi connectivity index (χ0n) is 11.4. The van der Waals surface area contributed by atoms with Crippen LogP contribution in [-0.4, -0.2) is 6.54 Å². The molecule has 0 bridgehead atoms. The highest BCUT2D eigenvalue weighted by atomic mass is 19.1. The molecule has 2 aromatic carbocycles. The highest BCUT2D eigenvalue weighted by Crippen LogP contribution is 2.27. The number of benzene rings is 2. The Bertz CT molecular complexity index is 611. The van der Waals surface area contributed by atoms with Crippen molar-refractivity contribution in [3.05, 3.63) is 70.5 Å². The van der Waals surface area contributed by atoms with E-state index in [1.54, 1.807) is 19.1 Å². The van der Waals surface area contributed by atoms with Crippen LogP contribution in [0.5, 0.6) is 0 Å². The van der Waals surface area contributed by atoms with Crippen LogP contribution in [0.4, 0.5) is 13.2 Å². The summed E-state index contributed by atoms with van der Waals surface area (Å²) in [6.07, 6.45) is 0. The monoisotopic (exact) mass is 279 g/mol. The van der Waals surface area contributed by atoms with Crippen LogP contribution < -0.4 is 5.32 Å². The van der Waals surface area contributed by atoms with Crippen molar-refractivity contribution in [1.29, 1.82) is 0 Å². The molecule has 20 heavy (non-hydrogen) atoms. The summed E-state index contributed by atoms with van der Waals surface area (Å²) in [5.41, 5.74) is 1.29. The third kappa shape index (κ3) is 3.02. The molecular weight excluding hydrogens is 263 g/mol. The average molecular weight is 279 g/mol. The molecule has 2 rings (SSSR count). The fourth-order valence-corrected chi connectivity index (χ4v) is 2.20. The minimum atomic E-state index is -0.636. The molecule has 106 valence electrons. The Balaban J connectivity index is 2.51. The molecule has 1 atom stereocenters. The summed E-state index contributed by atoms with van der Waals surface area (Å²) >= 11 is 0. The van der Waals surface area contributed by atoms with Crippen LogP contribution in [0.1, 0.15) is 29.7 Å². The Morgan fingerprint density at radius 2 is 1.80 bits per heavy atom. The lowest BCUT2D eigenvalue weighted by atomic mass is 9.96. The summed E-state index contributed by atoms with van der Waals surface area (Å²) in [7, 11) is 0. The van der Waals surface area contributed by atoms with Crippen molar-refractivity contribution in [3.8, 4) is 0 Å². The summed E-state index contributed by atoms with van der Waals surface area (Å²) < 4.78 is 40.7. The first-order chi connectivity index (χ1) is 9.52. The average Bonchev–Trinajstić information content (AvgIpc) is 2.40. The van der Waals surface area contributed by atoms with Gasteiger partial charge in [0.25, 0.3) is 0 Å². The van der Waals surface area contributed by atoms with Gasteiger partial charge in [-0.3, -0.25) is 0 Å². The molecule has 1 unspecified atom stereocenters. The molecule has 0 aliphatic carbocycles. The molecule has 0 heterocycles. The summed E-state index contributed by atoms with van der Waals surface area (Å²) in [6.45, 7) is 4.03. The molecule has 0 amide bonds. The SMILES string of the molecule is CCNC(c1cccc(F)c1)c1cc(C)c(F)cc1F. The van der Waals surface area contributed by atoms with Gasteiger partial charge in [-0.2, -0.15) is 0 Å². The molecule has 0 fully saturated rings. The normalized spacial score (nSPS) is 12.4. The Morgan fingerprint density at radius 1 is 1.05 bits per heavy atom. The molecule has 1 N–H and O–H groups in total.